The zero-order valence-corrected chi connectivity index (χ0v) is 17.6. The molecule has 3 aromatic rings. The number of ether oxygens (including phenoxy) is 1. The summed E-state index contributed by atoms with van der Waals surface area (Å²) in [4.78, 5) is 35.9. The number of hydrogen-bond donors (Lipinski definition) is 6. The van der Waals surface area contributed by atoms with Crippen molar-refractivity contribution in [1.82, 2.24) is 29.5 Å². The summed E-state index contributed by atoms with van der Waals surface area (Å²) in [6.07, 6.45) is -0.654. The number of nitrogens with one attached hydrogen (secondary N) is 1. The number of nitrogens with zero attached hydrogens (tertiary/aromatic N) is 5. The number of H-pyrrole nitrogens is 1. The number of rotatable bonds is 8. The van der Waals surface area contributed by atoms with E-state index in [1.165, 1.54) is 29.6 Å². The standard InChI is InChI=1S/C13H17N7O10P2/c14-10-7-11(18-4-17-10)20(5-19-7)12-9(22)8(21)6(28-12)3-27-32(26,30-31(23,24)25)29-13-15-1-2-16-13/h1-2,4-6,8-9,12,21-22H,3H2,(H,15,16)(H2,14,17,18)(H2,23,24,25)/t6-,8?,9?,12-,32?/m1/s1. The van der Waals surface area contributed by atoms with E-state index in [4.69, 9.17) is 29.3 Å². The van der Waals surface area contributed by atoms with Gasteiger partial charge in [-0.25, -0.2) is 29.1 Å². The van der Waals surface area contributed by atoms with E-state index >= 15 is 0 Å². The number of aliphatic hydroxyl groups is 2. The monoisotopic (exact) mass is 493 g/mol. The molecule has 1 aliphatic heterocycles. The van der Waals surface area contributed by atoms with E-state index in [1.54, 1.807) is 0 Å². The zero-order valence-electron chi connectivity index (χ0n) is 15.8. The maximum Gasteiger partial charge on any atom is 0.541 e. The number of aromatic nitrogens is 6. The average molecular weight is 493 g/mol. The van der Waals surface area contributed by atoms with Crippen molar-refractivity contribution in [3.63, 3.8) is 0 Å². The molecule has 0 radical (unpaired) electrons. The largest absolute Gasteiger partial charge is 0.541 e. The van der Waals surface area contributed by atoms with Crippen LogP contribution in [-0.4, -0.2) is 74.4 Å². The van der Waals surface area contributed by atoms with Crippen LogP contribution in [0.4, 0.5) is 5.82 Å². The lowest BCUT2D eigenvalue weighted by molar-refractivity contribution is -0.0501. The van der Waals surface area contributed by atoms with Crippen molar-refractivity contribution < 1.29 is 47.2 Å². The molecule has 4 heterocycles. The first-order valence-corrected chi connectivity index (χ1v) is 11.7. The Bertz CT molecular complexity index is 1180. The predicted molar refractivity (Wildman–Crippen MR) is 102 cm³/mol. The number of anilines is 1. The number of phosphoric acid groups is 2. The van der Waals surface area contributed by atoms with E-state index in [1.807, 2.05) is 0 Å². The van der Waals surface area contributed by atoms with E-state index in [0.717, 1.165) is 0 Å². The SMILES string of the molecule is Nc1ncnc2c1ncn2[C@@H]1O[C@H](COP(=O)(Oc2ncc[nH]2)OP(=O)(O)O)C(O)C1O. The first-order chi connectivity index (χ1) is 15.1. The van der Waals surface area contributed by atoms with Crippen LogP contribution in [0.3, 0.4) is 0 Å². The molecule has 17 nitrogen and oxygen atoms in total. The molecular weight excluding hydrogens is 476 g/mol. The zero-order chi connectivity index (χ0) is 23.1. The number of nitrogens with two attached hydrogens (primary N) is 1. The summed E-state index contributed by atoms with van der Waals surface area (Å²) in [7, 11) is -10.3. The first kappa shape index (κ1) is 22.7. The topological polar surface area (TPSA) is 250 Å². The van der Waals surface area contributed by atoms with Gasteiger partial charge in [0, 0.05) is 12.4 Å². The normalized spacial score (nSPS) is 25.8. The maximum atomic E-state index is 12.7. The van der Waals surface area contributed by atoms with Crippen LogP contribution in [0.15, 0.2) is 25.0 Å². The van der Waals surface area contributed by atoms with Crippen LogP contribution in [0.2, 0.25) is 0 Å². The van der Waals surface area contributed by atoms with Gasteiger partial charge in [0.25, 0.3) is 0 Å². The van der Waals surface area contributed by atoms with Gasteiger partial charge in [0.2, 0.25) is 0 Å². The van der Waals surface area contributed by atoms with Crippen LogP contribution in [0.5, 0.6) is 6.01 Å². The van der Waals surface area contributed by atoms with Crippen molar-refractivity contribution in [2.45, 2.75) is 24.5 Å². The fourth-order valence-electron chi connectivity index (χ4n) is 2.92. The number of aromatic amines is 1. The molecule has 0 aliphatic carbocycles. The highest BCUT2D eigenvalue weighted by atomic mass is 31.3. The molecule has 174 valence electrons. The van der Waals surface area contributed by atoms with E-state index in [9.17, 15) is 19.3 Å². The molecule has 0 bridgehead atoms. The fourth-order valence-corrected chi connectivity index (χ4v) is 4.98. The minimum absolute atomic E-state index is 0.0901. The second-order valence-corrected chi connectivity index (χ2v) is 9.40. The van der Waals surface area contributed by atoms with Crippen LogP contribution in [-0.2, 0) is 22.7 Å². The summed E-state index contributed by atoms with van der Waals surface area (Å²) in [5, 5.41) is 20.8. The first-order valence-electron chi connectivity index (χ1n) is 8.71. The smallest absolute Gasteiger partial charge is 0.387 e. The maximum absolute atomic E-state index is 12.7. The molecule has 0 aromatic carbocycles. The second kappa shape index (κ2) is 8.47. The molecule has 0 amide bonds. The van der Waals surface area contributed by atoms with Crippen molar-refractivity contribution in [3.8, 4) is 6.01 Å². The minimum Gasteiger partial charge on any atom is -0.387 e. The van der Waals surface area contributed by atoms with Crippen molar-refractivity contribution in [2.24, 2.45) is 0 Å². The molecule has 3 aromatic heterocycles. The number of fused-ring (bicyclic) bond motifs is 1. The van der Waals surface area contributed by atoms with Crippen LogP contribution in [0.1, 0.15) is 6.23 Å². The van der Waals surface area contributed by atoms with Gasteiger partial charge in [0.05, 0.1) is 12.9 Å². The molecule has 19 heteroatoms. The summed E-state index contributed by atoms with van der Waals surface area (Å²) in [5.41, 5.74) is 6.18. The summed E-state index contributed by atoms with van der Waals surface area (Å²) >= 11 is 0. The van der Waals surface area contributed by atoms with Gasteiger partial charge in [0.1, 0.15) is 30.2 Å². The van der Waals surface area contributed by atoms with Crippen LogP contribution < -0.4 is 10.3 Å². The summed E-state index contributed by atoms with van der Waals surface area (Å²) in [6, 6.07) is -0.408. The molecule has 7 N–H and O–H groups in total. The van der Waals surface area contributed by atoms with Gasteiger partial charge < -0.3 is 40.0 Å². The average Bonchev–Trinajstić information content (AvgIpc) is 3.41. The van der Waals surface area contributed by atoms with Crippen molar-refractivity contribution >= 4 is 32.6 Å². The fraction of sp³-hybridized carbons (Fsp3) is 0.385. The molecule has 1 saturated heterocycles. The van der Waals surface area contributed by atoms with Gasteiger partial charge in [0.15, 0.2) is 17.7 Å². The third-order valence-corrected chi connectivity index (χ3v) is 6.79. The van der Waals surface area contributed by atoms with Gasteiger partial charge in [-0.05, 0) is 0 Å². The Morgan fingerprint density at radius 2 is 1.97 bits per heavy atom. The summed E-state index contributed by atoms with van der Waals surface area (Å²) < 4.78 is 44.7. The van der Waals surface area contributed by atoms with Crippen LogP contribution >= 0.6 is 15.6 Å². The Kier molecular flexibility index (Phi) is 6.02. The number of aliphatic hydroxyl groups excluding tert-OH is 2. The molecule has 1 fully saturated rings. The Morgan fingerprint density at radius 1 is 1.19 bits per heavy atom. The minimum atomic E-state index is -5.32. The molecule has 0 spiro atoms. The lowest BCUT2D eigenvalue weighted by atomic mass is 10.1. The molecule has 4 rings (SSSR count). The Labute approximate surface area is 178 Å². The lowest BCUT2D eigenvalue weighted by Crippen LogP contribution is -2.33. The van der Waals surface area contributed by atoms with Crippen molar-refractivity contribution in [3.05, 3.63) is 25.0 Å². The van der Waals surface area contributed by atoms with E-state index in [-0.39, 0.29) is 17.0 Å². The number of phosphoric ester groups is 1. The highest BCUT2D eigenvalue weighted by Crippen LogP contribution is 2.60. The van der Waals surface area contributed by atoms with E-state index in [2.05, 4.69) is 29.2 Å². The van der Waals surface area contributed by atoms with Crippen LogP contribution in [0, 0.1) is 0 Å². The molecule has 1 aliphatic rings. The Morgan fingerprint density at radius 3 is 2.66 bits per heavy atom. The quantitative estimate of drug-likeness (QED) is 0.207. The summed E-state index contributed by atoms with van der Waals surface area (Å²) in [5.74, 6) is 0.0901. The van der Waals surface area contributed by atoms with Crippen LogP contribution in [0.25, 0.3) is 11.2 Å². The van der Waals surface area contributed by atoms with Crippen molar-refractivity contribution in [2.75, 3.05) is 12.3 Å². The van der Waals surface area contributed by atoms with Gasteiger partial charge in [-0.15, -0.1) is 0 Å². The third kappa shape index (κ3) is 4.66. The lowest BCUT2D eigenvalue weighted by Gasteiger charge is -2.20. The molecule has 5 atom stereocenters. The number of nitrogen functional groups attached to an aromatic ring is 1. The molecule has 3 unspecified atom stereocenters. The number of imidazole rings is 2. The highest BCUT2D eigenvalue weighted by molar-refractivity contribution is 7.61. The summed E-state index contributed by atoms with van der Waals surface area (Å²) in [6.45, 7) is -0.754. The Balaban J connectivity index is 1.51. The van der Waals surface area contributed by atoms with Gasteiger partial charge >= 0.3 is 21.7 Å². The predicted octanol–water partition coefficient (Wildman–Crippen LogP) is -0.936. The second-order valence-electron chi connectivity index (χ2n) is 6.43. The molecular formula is C13H17N7O10P2. The van der Waals surface area contributed by atoms with Gasteiger partial charge in [-0.2, -0.15) is 4.31 Å². The van der Waals surface area contributed by atoms with Crippen molar-refractivity contribution in [1.29, 1.82) is 0 Å². The Hall–Kier alpha value is -2.46. The van der Waals surface area contributed by atoms with E-state index in [0.29, 0.717) is 0 Å². The molecule has 32 heavy (non-hydrogen) atoms. The van der Waals surface area contributed by atoms with Gasteiger partial charge in [-0.3, -0.25) is 9.09 Å². The number of hydrogen-bond acceptors (Lipinski definition) is 13. The third-order valence-electron chi connectivity index (χ3n) is 4.27. The van der Waals surface area contributed by atoms with E-state index < -0.39 is 52.8 Å². The van der Waals surface area contributed by atoms with Gasteiger partial charge in [-0.1, -0.05) is 0 Å². The highest BCUT2D eigenvalue weighted by Gasteiger charge is 2.47. The molecule has 0 saturated carbocycles.